The number of ether oxygens (including phenoxy) is 1. The van der Waals surface area contributed by atoms with Crippen LogP contribution in [0.25, 0.3) is 0 Å². The van der Waals surface area contributed by atoms with Crippen molar-refractivity contribution in [3.05, 3.63) is 68.6 Å². The van der Waals surface area contributed by atoms with Crippen molar-refractivity contribution in [1.29, 1.82) is 0 Å². The first kappa shape index (κ1) is 15.3. The van der Waals surface area contributed by atoms with Crippen LogP contribution in [-0.4, -0.2) is 23.1 Å². The number of fused-ring (bicyclic) bond motifs is 1. The van der Waals surface area contributed by atoms with E-state index >= 15 is 0 Å². The second-order valence-electron chi connectivity index (χ2n) is 5.03. The van der Waals surface area contributed by atoms with Crippen molar-refractivity contribution in [2.24, 2.45) is 0 Å². The highest BCUT2D eigenvalue weighted by molar-refractivity contribution is 6.30. The molecule has 1 aliphatic heterocycles. The van der Waals surface area contributed by atoms with Gasteiger partial charge in [0.05, 0.1) is 6.54 Å². The van der Waals surface area contributed by atoms with Gasteiger partial charge in [0.25, 0.3) is 11.5 Å². The molecule has 2 heterocycles. The number of pyridine rings is 1. The van der Waals surface area contributed by atoms with E-state index in [1.807, 2.05) is 0 Å². The monoisotopic (exact) mass is 332 g/mol. The summed E-state index contributed by atoms with van der Waals surface area (Å²) in [5.74, 6) is -1.04. The van der Waals surface area contributed by atoms with Gasteiger partial charge in [-0.3, -0.25) is 14.2 Å². The number of amides is 1. The number of carbonyl (C=O) groups is 2. The van der Waals surface area contributed by atoms with Gasteiger partial charge in [0.15, 0.2) is 0 Å². The standard InChI is InChI=1S/C16H13ClN2O4/c17-11-3-1-10(2-4-11)9-18-14(20)12-5-6-13-16(22)23-8-7-19(13)15(12)21/h1-6H,7-9H2,(H,18,20). The number of nitrogens with zero attached hydrogens (tertiary/aromatic N) is 1. The first-order valence-corrected chi connectivity index (χ1v) is 7.37. The average Bonchev–Trinajstić information content (AvgIpc) is 2.55. The molecule has 1 aromatic carbocycles. The predicted octanol–water partition coefficient (Wildman–Crippen LogP) is 1.60. The van der Waals surface area contributed by atoms with Crippen molar-refractivity contribution in [3.8, 4) is 0 Å². The third-order valence-corrected chi connectivity index (χ3v) is 3.79. The fraction of sp³-hybridized carbons (Fsp3) is 0.188. The number of aromatic nitrogens is 1. The van der Waals surface area contributed by atoms with Crippen LogP contribution in [0.3, 0.4) is 0 Å². The molecule has 0 saturated carbocycles. The Morgan fingerprint density at radius 3 is 2.65 bits per heavy atom. The zero-order chi connectivity index (χ0) is 16.4. The SMILES string of the molecule is O=C(NCc1ccc(Cl)cc1)c1ccc2n(c1=O)CCOC2=O. The molecule has 1 N–H and O–H groups in total. The molecule has 0 spiro atoms. The van der Waals surface area contributed by atoms with Gasteiger partial charge in [0, 0.05) is 11.6 Å². The van der Waals surface area contributed by atoms with Gasteiger partial charge < -0.3 is 10.1 Å². The third kappa shape index (κ3) is 3.12. The Kier molecular flexibility index (Phi) is 4.16. The van der Waals surface area contributed by atoms with Gasteiger partial charge in [0.2, 0.25) is 0 Å². The number of hydrogen-bond acceptors (Lipinski definition) is 4. The van der Waals surface area contributed by atoms with Crippen LogP contribution in [0.15, 0.2) is 41.2 Å². The molecule has 1 aromatic heterocycles. The summed E-state index contributed by atoms with van der Waals surface area (Å²) in [5.41, 5.74) is 0.532. The first-order valence-electron chi connectivity index (χ1n) is 7.00. The fourth-order valence-corrected chi connectivity index (χ4v) is 2.46. The number of rotatable bonds is 3. The van der Waals surface area contributed by atoms with Crippen LogP contribution < -0.4 is 10.9 Å². The second kappa shape index (κ2) is 6.26. The largest absolute Gasteiger partial charge is 0.459 e. The lowest BCUT2D eigenvalue weighted by Crippen LogP contribution is -2.38. The number of esters is 1. The summed E-state index contributed by atoms with van der Waals surface area (Å²) in [6.07, 6.45) is 0. The minimum Gasteiger partial charge on any atom is -0.459 e. The molecule has 2 aromatic rings. The molecule has 6 nitrogen and oxygen atoms in total. The number of hydrogen-bond donors (Lipinski definition) is 1. The van der Waals surface area contributed by atoms with Gasteiger partial charge in [-0.05, 0) is 29.8 Å². The Balaban J connectivity index is 1.79. The number of halogens is 1. The van der Waals surface area contributed by atoms with Crippen LogP contribution in [-0.2, 0) is 17.8 Å². The predicted molar refractivity (Wildman–Crippen MR) is 83.6 cm³/mol. The molecule has 0 saturated heterocycles. The summed E-state index contributed by atoms with van der Waals surface area (Å²) in [6.45, 7) is 0.652. The molecule has 1 amide bonds. The molecule has 0 aliphatic carbocycles. The van der Waals surface area contributed by atoms with E-state index in [9.17, 15) is 14.4 Å². The van der Waals surface area contributed by atoms with Gasteiger partial charge in [-0.15, -0.1) is 0 Å². The summed E-state index contributed by atoms with van der Waals surface area (Å²) in [5, 5.41) is 3.29. The van der Waals surface area contributed by atoms with Crippen LogP contribution in [0.4, 0.5) is 0 Å². The van der Waals surface area contributed by atoms with Crippen molar-refractivity contribution in [2.45, 2.75) is 13.1 Å². The highest BCUT2D eigenvalue weighted by atomic mass is 35.5. The van der Waals surface area contributed by atoms with Gasteiger partial charge in [-0.1, -0.05) is 23.7 Å². The van der Waals surface area contributed by atoms with Crippen molar-refractivity contribution in [3.63, 3.8) is 0 Å². The Hall–Kier alpha value is -2.60. The maximum Gasteiger partial charge on any atom is 0.355 e. The molecule has 0 radical (unpaired) electrons. The molecule has 0 bridgehead atoms. The van der Waals surface area contributed by atoms with E-state index in [1.165, 1.54) is 16.7 Å². The van der Waals surface area contributed by atoms with Crippen molar-refractivity contribution >= 4 is 23.5 Å². The normalized spacial score (nSPS) is 13.2. The van der Waals surface area contributed by atoms with E-state index in [0.717, 1.165) is 5.56 Å². The smallest absolute Gasteiger partial charge is 0.355 e. The maximum absolute atomic E-state index is 12.3. The highest BCUT2D eigenvalue weighted by Crippen LogP contribution is 2.10. The van der Waals surface area contributed by atoms with Gasteiger partial charge in [-0.25, -0.2) is 4.79 Å². The van der Waals surface area contributed by atoms with Crippen LogP contribution in [0, 0.1) is 0 Å². The Morgan fingerprint density at radius 1 is 1.17 bits per heavy atom. The van der Waals surface area contributed by atoms with E-state index in [1.54, 1.807) is 24.3 Å². The third-order valence-electron chi connectivity index (χ3n) is 3.54. The molecule has 118 valence electrons. The molecule has 0 unspecified atom stereocenters. The molecule has 0 atom stereocenters. The van der Waals surface area contributed by atoms with Crippen LogP contribution in [0.5, 0.6) is 0 Å². The van der Waals surface area contributed by atoms with E-state index in [0.29, 0.717) is 5.02 Å². The van der Waals surface area contributed by atoms with E-state index in [2.05, 4.69) is 5.32 Å². The van der Waals surface area contributed by atoms with E-state index < -0.39 is 17.4 Å². The zero-order valence-corrected chi connectivity index (χ0v) is 12.8. The quantitative estimate of drug-likeness (QED) is 0.866. The van der Waals surface area contributed by atoms with Crippen LogP contribution >= 0.6 is 11.6 Å². The average molecular weight is 333 g/mol. The van der Waals surface area contributed by atoms with Crippen molar-refractivity contribution in [1.82, 2.24) is 9.88 Å². The van der Waals surface area contributed by atoms with E-state index in [-0.39, 0.29) is 31.0 Å². The summed E-state index contributed by atoms with van der Waals surface area (Å²) in [4.78, 5) is 36.1. The lowest BCUT2D eigenvalue weighted by atomic mass is 10.2. The van der Waals surface area contributed by atoms with E-state index in [4.69, 9.17) is 16.3 Å². The molecule has 7 heteroatoms. The molecular formula is C16H13ClN2O4. The zero-order valence-electron chi connectivity index (χ0n) is 12.0. The van der Waals surface area contributed by atoms with Crippen molar-refractivity contribution in [2.75, 3.05) is 6.61 Å². The lowest BCUT2D eigenvalue weighted by Gasteiger charge is -2.18. The Labute approximate surface area is 136 Å². The number of benzene rings is 1. The fourth-order valence-electron chi connectivity index (χ4n) is 2.33. The van der Waals surface area contributed by atoms with Gasteiger partial charge >= 0.3 is 5.97 Å². The molecular weight excluding hydrogens is 320 g/mol. The summed E-state index contributed by atoms with van der Waals surface area (Å²) >= 11 is 5.80. The number of carbonyl (C=O) groups excluding carboxylic acids is 2. The number of nitrogens with one attached hydrogen (secondary N) is 1. The minimum atomic E-state index is -0.554. The van der Waals surface area contributed by atoms with Gasteiger partial charge in [0.1, 0.15) is 17.9 Å². The first-order chi connectivity index (χ1) is 11.1. The summed E-state index contributed by atoms with van der Waals surface area (Å²) in [7, 11) is 0. The summed E-state index contributed by atoms with van der Waals surface area (Å²) < 4.78 is 6.13. The molecule has 3 rings (SSSR count). The van der Waals surface area contributed by atoms with Crippen molar-refractivity contribution < 1.29 is 14.3 Å². The topological polar surface area (TPSA) is 77.4 Å². The van der Waals surface area contributed by atoms with Gasteiger partial charge in [-0.2, -0.15) is 0 Å². The number of cyclic esters (lactones) is 1. The molecule has 0 fully saturated rings. The molecule has 1 aliphatic rings. The van der Waals surface area contributed by atoms with Crippen LogP contribution in [0.1, 0.15) is 26.4 Å². The Bertz CT molecular complexity index is 827. The minimum absolute atomic E-state index is 0.00239. The Morgan fingerprint density at radius 2 is 1.91 bits per heavy atom. The second-order valence-corrected chi connectivity index (χ2v) is 5.47. The summed E-state index contributed by atoms with van der Waals surface area (Å²) in [6, 6.07) is 9.81. The highest BCUT2D eigenvalue weighted by Gasteiger charge is 2.22. The molecule has 23 heavy (non-hydrogen) atoms. The maximum atomic E-state index is 12.3. The lowest BCUT2D eigenvalue weighted by molar-refractivity contribution is 0.0415. The van der Waals surface area contributed by atoms with Crippen LogP contribution in [0.2, 0.25) is 5.02 Å².